The molecule has 1 aromatic rings. The Hall–Kier alpha value is -3.30. The number of ketones is 1. The first-order valence-electron chi connectivity index (χ1n) is 9.62. The highest BCUT2D eigenvalue weighted by Gasteiger charge is 2.52. The maximum atomic E-state index is 14.1. The molecule has 2 aliphatic rings. The third kappa shape index (κ3) is 4.47. The van der Waals surface area contributed by atoms with Crippen LogP contribution in [0.2, 0.25) is 0 Å². The van der Waals surface area contributed by atoms with E-state index in [1.54, 1.807) is 0 Å². The average molecular weight is 419 g/mol. The van der Waals surface area contributed by atoms with Gasteiger partial charge in [0.05, 0.1) is 12.0 Å². The Kier molecular flexibility index (Phi) is 6.14. The fraction of sp³-hybridized carbons (Fsp3) is 0.450. The Morgan fingerprint density at radius 2 is 1.93 bits per heavy atom. The molecule has 0 aromatic heterocycles. The second-order valence-electron chi connectivity index (χ2n) is 7.39. The molecule has 1 saturated heterocycles. The first kappa shape index (κ1) is 21.4. The van der Waals surface area contributed by atoms with Crippen molar-refractivity contribution >= 4 is 35.3 Å². The SMILES string of the molecule is CC(=O)Nc1ccc(C(=O)COC(=O)CCN2C(=O)NC3(CCCC3)C2=O)c(F)c1. The van der Waals surface area contributed by atoms with Crippen LogP contribution in [-0.4, -0.2) is 53.2 Å². The van der Waals surface area contributed by atoms with Gasteiger partial charge in [-0.25, -0.2) is 9.18 Å². The van der Waals surface area contributed by atoms with Crippen LogP contribution < -0.4 is 10.6 Å². The van der Waals surface area contributed by atoms with E-state index in [9.17, 15) is 28.4 Å². The molecule has 160 valence electrons. The van der Waals surface area contributed by atoms with Crippen molar-refractivity contribution < 1.29 is 33.1 Å². The highest BCUT2D eigenvalue weighted by atomic mass is 19.1. The average Bonchev–Trinajstić information content (AvgIpc) is 3.23. The quantitative estimate of drug-likeness (QED) is 0.395. The number of esters is 1. The van der Waals surface area contributed by atoms with Gasteiger partial charge in [-0.2, -0.15) is 0 Å². The normalized spacial score (nSPS) is 17.2. The molecule has 10 heteroatoms. The van der Waals surface area contributed by atoms with E-state index in [1.807, 2.05) is 0 Å². The van der Waals surface area contributed by atoms with Gasteiger partial charge in [0.1, 0.15) is 11.4 Å². The van der Waals surface area contributed by atoms with Crippen molar-refractivity contribution in [3.8, 4) is 0 Å². The lowest BCUT2D eigenvalue weighted by molar-refractivity contribution is -0.143. The van der Waals surface area contributed by atoms with E-state index in [2.05, 4.69) is 10.6 Å². The van der Waals surface area contributed by atoms with Crippen LogP contribution in [0.1, 0.15) is 49.4 Å². The molecule has 1 spiro atoms. The fourth-order valence-electron chi connectivity index (χ4n) is 3.72. The van der Waals surface area contributed by atoms with Crippen molar-refractivity contribution in [2.75, 3.05) is 18.5 Å². The van der Waals surface area contributed by atoms with E-state index in [4.69, 9.17) is 4.74 Å². The van der Waals surface area contributed by atoms with Gasteiger partial charge in [0.15, 0.2) is 6.61 Å². The summed E-state index contributed by atoms with van der Waals surface area (Å²) in [4.78, 5) is 60.6. The smallest absolute Gasteiger partial charge is 0.325 e. The van der Waals surface area contributed by atoms with Gasteiger partial charge in [-0.15, -0.1) is 0 Å². The number of ether oxygens (including phenoxy) is 1. The zero-order chi connectivity index (χ0) is 21.9. The lowest BCUT2D eigenvalue weighted by atomic mass is 9.98. The number of anilines is 1. The third-order valence-electron chi connectivity index (χ3n) is 5.20. The van der Waals surface area contributed by atoms with E-state index >= 15 is 0 Å². The summed E-state index contributed by atoms with van der Waals surface area (Å²) >= 11 is 0. The van der Waals surface area contributed by atoms with Gasteiger partial charge in [-0.05, 0) is 31.0 Å². The van der Waals surface area contributed by atoms with Gasteiger partial charge >= 0.3 is 12.0 Å². The molecule has 0 unspecified atom stereocenters. The molecule has 1 aromatic carbocycles. The summed E-state index contributed by atoms with van der Waals surface area (Å²) in [5.41, 5.74) is -0.936. The number of nitrogens with zero attached hydrogens (tertiary/aromatic N) is 1. The predicted octanol–water partition coefficient (Wildman–Crippen LogP) is 1.76. The first-order valence-corrected chi connectivity index (χ1v) is 9.62. The van der Waals surface area contributed by atoms with Gasteiger partial charge in [-0.3, -0.25) is 24.1 Å². The molecule has 1 heterocycles. The summed E-state index contributed by atoms with van der Waals surface area (Å²) in [6.07, 6.45) is 2.60. The summed E-state index contributed by atoms with van der Waals surface area (Å²) in [5.74, 6) is -3.12. The van der Waals surface area contributed by atoms with Gasteiger partial charge in [0.2, 0.25) is 11.7 Å². The highest BCUT2D eigenvalue weighted by molar-refractivity contribution is 6.07. The van der Waals surface area contributed by atoms with Crippen molar-refractivity contribution in [2.24, 2.45) is 0 Å². The Balaban J connectivity index is 1.49. The maximum absolute atomic E-state index is 14.1. The Labute approximate surface area is 171 Å². The largest absolute Gasteiger partial charge is 0.457 e. The van der Waals surface area contributed by atoms with E-state index in [-0.39, 0.29) is 36.0 Å². The number of amides is 4. The number of imide groups is 1. The number of halogens is 1. The summed E-state index contributed by atoms with van der Waals surface area (Å²) in [7, 11) is 0. The monoisotopic (exact) mass is 419 g/mol. The van der Waals surface area contributed by atoms with Gasteiger partial charge in [0.25, 0.3) is 5.91 Å². The lowest BCUT2D eigenvalue weighted by Gasteiger charge is -2.19. The van der Waals surface area contributed by atoms with Gasteiger partial charge in [0, 0.05) is 19.2 Å². The zero-order valence-corrected chi connectivity index (χ0v) is 16.5. The van der Waals surface area contributed by atoms with Gasteiger partial charge in [-0.1, -0.05) is 12.8 Å². The van der Waals surface area contributed by atoms with E-state index in [1.165, 1.54) is 19.1 Å². The maximum Gasteiger partial charge on any atom is 0.325 e. The van der Waals surface area contributed by atoms with Crippen molar-refractivity contribution in [1.29, 1.82) is 0 Å². The number of hydrogen-bond acceptors (Lipinski definition) is 6. The number of nitrogens with one attached hydrogen (secondary N) is 2. The molecular formula is C20H22FN3O6. The molecular weight excluding hydrogens is 397 g/mol. The van der Waals surface area contributed by atoms with E-state index in [0.29, 0.717) is 12.8 Å². The molecule has 1 aliphatic heterocycles. The molecule has 9 nitrogen and oxygen atoms in total. The second kappa shape index (κ2) is 8.60. The number of carbonyl (C=O) groups is 5. The number of urea groups is 1. The molecule has 2 fully saturated rings. The molecule has 1 aliphatic carbocycles. The van der Waals surface area contributed by atoms with Crippen molar-refractivity contribution in [3.63, 3.8) is 0 Å². The Morgan fingerprint density at radius 3 is 2.57 bits per heavy atom. The van der Waals surface area contributed by atoms with E-state index in [0.717, 1.165) is 23.8 Å². The minimum Gasteiger partial charge on any atom is -0.457 e. The molecule has 1 saturated carbocycles. The van der Waals surface area contributed by atoms with Crippen molar-refractivity contribution in [2.45, 2.75) is 44.6 Å². The Morgan fingerprint density at radius 1 is 1.23 bits per heavy atom. The molecule has 0 radical (unpaired) electrons. The lowest BCUT2D eigenvalue weighted by Crippen LogP contribution is -2.44. The predicted molar refractivity (Wildman–Crippen MR) is 102 cm³/mol. The first-order chi connectivity index (χ1) is 14.2. The van der Waals surface area contributed by atoms with Crippen LogP contribution in [0.4, 0.5) is 14.9 Å². The highest BCUT2D eigenvalue weighted by Crippen LogP contribution is 2.35. The number of carbonyl (C=O) groups excluding carboxylic acids is 5. The van der Waals surface area contributed by atoms with Crippen LogP contribution in [0.25, 0.3) is 0 Å². The minimum atomic E-state index is -0.858. The van der Waals surface area contributed by atoms with Crippen molar-refractivity contribution in [1.82, 2.24) is 10.2 Å². The summed E-state index contributed by atoms with van der Waals surface area (Å²) < 4.78 is 18.9. The van der Waals surface area contributed by atoms with Crippen LogP contribution in [0, 0.1) is 5.82 Å². The number of rotatable bonds is 7. The van der Waals surface area contributed by atoms with Crippen LogP contribution >= 0.6 is 0 Å². The third-order valence-corrected chi connectivity index (χ3v) is 5.20. The van der Waals surface area contributed by atoms with Crippen LogP contribution in [0.15, 0.2) is 18.2 Å². The minimum absolute atomic E-state index is 0.154. The summed E-state index contributed by atoms with van der Waals surface area (Å²) in [6.45, 7) is 0.432. The second-order valence-corrected chi connectivity index (χ2v) is 7.39. The molecule has 0 atom stereocenters. The Bertz CT molecular complexity index is 910. The topological polar surface area (TPSA) is 122 Å². The molecule has 0 bridgehead atoms. The van der Waals surface area contributed by atoms with Crippen LogP contribution in [0.3, 0.4) is 0 Å². The van der Waals surface area contributed by atoms with Crippen LogP contribution in [0.5, 0.6) is 0 Å². The zero-order valence-electron chi connectivity index (χ0n) is 16.5. The van der Waals surface area contributed by atoms with Gasteiger partial charge < -0.3 is 15.4 Å². The molecule has 2 N–H and O–H groups in total. The molecule has 3 rings (SSSR count). The molecule has 4 amide bonds. The fourth-order valence-corrected chi connectivity index (χ4v) is 3.72. The molecule has 30 heavy (non-hydrogen) atoms. The number of benzene rings is 1. The number of Topliss-reactive ketones (excluding diaryl/α,β-unsaturated/α-hetero) is 1. The number of hydrogen-bond donors (Lipinski definition) is 2. The van der Waals surface area contributed by atoms with E-state index < -0.39 is 35.7 Å². The van der Waals surface area contributed by atoms with Crippen molar-refractivity contribution in [3.05, 3.63) is 29.6 Å². The van der Waals surface area contributed by atoms with Crippen LogP contribution in [-0.2, 0) is 19.1 Å². The standard InChI is InChI=1S/C20H22FN3O6/c1-12(25)22-13-4-5-14(15(21)10-13)16(26)11-30-17(27)6-9-24-18(28)20(23-19(24)29)7-2-3-8-20/h4-5,10H,2-3,6-9,11H2,1H3,(H,22,25)(H,23,29). The summed E-state index contributed by atoms with van der Waals surface area (Å²) in [5, 5.41) is 5.10. The summed E-state index contributed by atoms with van der Waals surface area (Å²) in [6, 6.07) is 3.00.